The first-order valence-corrected chi connectivity index (χ1v) is 11.2. The fraction of sp³-hybridized carbons (Fsp3) is 0.800. The van der Waals surface area contributed by atoms with Gasteiger partial charge >= 0.3 is 11.9 Å². The molecule has 0 spiro atoms. The third-order valence-electron chi connectivity index (χ3n) is 4.68. The van der Waals surface area contributed by atoms with Gasteiger partial charge in [0.15, 0.2) is 0 Å². The average Bonchev–Trinajstić information content (AvgIpc) is 2.69. The van der Waals surface area contributed by atoms with Gasteiger partial charge in [0.2, 0.25) is 11.8 Å². The number of unbranched alkanes of at least 4 members (excludes halogenated alkanes) is 5. The van der Waals surface area contributed by atoms with E-state index >= 15 is 0 Å². The van der Waals surface area contributed by atoms with Crippen LogP contribution in [-0.2, 0) is 19.2 Å². The minimum atomic E-state index is -1.20. The lowest BCUT2D eigenvalue weighted by atomic mass is 10.0. The van der Waals surface area contributed by atoms with Crippen LogP contribution in [0.15, 0.2) is 0 Å². The number of aliphatic carboxylic acids is 2. The summed E-state index contributed by atoms with van der Waals surface area (Å²) >= 11 is 3.99. The van der Waals surface area contributed by atoms with Crippen LogP contribution >= 0.6 is 12.6 Å². The monoisotopic (exact) mass is 447 g/mol. The lowest BCUT2D eigenvalue weighted by molar-refractivity contribution is -0.140. The standard InChI is InChI=1S/C20H37N3O6S/c1-3-4-5-6-7-8-9-14(2)22-15(20(28)29)10-11-17(24)23-16(13-30)19(27)21-12-18(25)26/h14-16,22,30H,3-13H2,1-2H3,(H,21,27)(H,23,24)(H,25,26)(H,28,29)/t14?,15-,16-/m0/s1. The summed E-state index contributed by atoms with van der Waals surface area (Å²) in [5.41, 5.74) is 0. The predicted molar refractivity (Wildman–Crippen MR) is 118 cm³/mol. The van der Waals surface area contributed by atoms with Crippen molar-refractivity contribution in [2.45, 2.75) is 89.8 Å². The van der Waals surface area contributed by atoms with Crippen LogP contribution in [0.1, 0.15) is 71.6 Å². The van der Waals surface area contributed by atoms with Crippen molar-refractivity contribution in [2.24, 2.45) is 0 Å². The molecule has 30 heavy (non-hydrogen) atoms. The molecule has 9 nitrogen and oxygen atoms in total. The smallest absolute Gasteiger partial charge is 0.322 e. The number of carbonyl (C=O) groups excluding carboxylic acids is 2. The molecule has 2 amide bonds. The summed E-state index contributed by atoms with van der Waals surface area (Å²) in [6.45, 7) is 3.55. The first-order chi connectivity index (χ1) is 14.2. The Morgan fingerprint density at radius 2 is 1.57 bits per heavy atom. The predicted octanol–water partition coefficient (Wildman–Crippen LogP) is 1.56. The Morgan fingerprint density at radius 3 is 2.13 bits per heavy atom. The molecule has 0 bridgehead atoms. The molecule has 0 aliphatic rings. The van der Waals surface area contributed by atoms with Crippen molar-refractivity contribution in [3.8, 4) is 0 Å². The van der Waals surface area contributed by atoms with Gasteiger partial charge in [0.1, 0.15) is 18.6 Å². The molecule has 0 aromatic heterocycles. The molecular weight excluding hydrogens is 410 g/mol. The molecule has 0 aliphatic heterocycles. The number of carboxylic acid groups (broad SMARTS) is 2. The topological polar surface area (TPSA) is 145 Å². The summed E-state index contributed by atoms with van der Waals surface area (Å²) < 4.78 is 0. The molecular formula is C20H37N3O6S. The number of carbonyl (C=O) groups is 4. The van der Waals surface area contributed by atoms with Crippen molar-refractivity contribution in [3.63, 3.8) is 0 Å². The van der Waals surface area contributed by atoms with Gasteiger partial charge in [-0.2, -0.15) is 12.6 Å². The highest BCUT2D eigenvalue weighted by molar-refractivity contribution is 7.80. The highest BCUT2D eigenvalue weighted by atomic mass is 32.1. The summed E-state index contributed by atoms with van der Waals surface area (Å²) in [4.78, 5) is 46.0. The molecule has 1 unspecified atom stereocenters. The van der Waals surface area contributed by atoms with Gasteiger partial charge in [0.25, 0.3) is 0 Å². The molecule has 5 N–H and O–H groups in total. The van der Waals surface area contributed by atoms with Gasteiger partial charge in [-0.15, -0.1) is 0 Å². The van der Waals surface area contributed by atoms with Crippen molar-refractivity contribution >= 4 is 36.4 Å². The second-order valence-corrected chi connectivity index (χ2v) is 7.83. The molecule has 0 fully saturated rings. The Balaban J connectivity index is 4.34. The fourth-order valence-corrected chi connectivity index (χ4v) is 3.21. The first kappa shape index (κ1) is 28.2. The van der Waals surface area contributed by atoms with Gasteiger partial charge in [-0.3, -0.25) is 19.2 Å². The van der Waals surface area contributed by atoms with Crippen molar-refractivity contribution in [3.05, 3.63) is 0 Å². The maximum atomic E-state index is 12.1. The highest BCUT2D eigenvalue weighted by Crippen LogP contribution is 2.10. The van der Waals surface area contributed by atoms with Crippen LogP contribution in [0.4, 0.5) is 0 Å². The van der Waals surface area contributed by atoms with Gasteiger partial charge in [-0.05, 0) is 19.8 Å². The Hall–Kier alpha value is -1.81. The lowest BCUT2D eigenvalue weighted by Gasteiger charge is -2.21. The largest absolute Gasteiger partial charge is 0.480 e. The third kappa shape index (κ3) is 14.2. The second-order valence-electron chi connectivity index (χ2n) is 7.47. The summed E-state index contributed by atoms with van der Waals surface area (Å²) in [5, 5.41) is 25.7. The second kappa shape index (κ2) is 16.9. The van der Waals surface area contributed by atoms with Gasteiger partial charge in [-0.1, -0.05) is 45.4 Å². The van der Waals surface area contributed by atoms with Crippen LogP contribution < -0.4 is 16.0 Å². The van der Waals surface area contributed by atoms with Crippen LogP contribution in [0.3, 0.4) is 0 Å². The summed E-state index contributed by atoms with van der Waals surface area (Å²) in [6.07, 6.45) is 7.89. The molecule has 0 aromatic rings. The molecule has 0 saturated heterocycles. The number of thiol groups is 1. The molecule has 0 aromatic carbocycles. The quantitative estimate of drug-likeness (QED) is 0.138. The molecule has 0 saturated carbocycles. The number of rotatable bonds is 18. The molecule has 0 aliphatic carbocycles. The lowest BCUT2D eigenvalue weighted by Crippen LogP contribution is -2.49. The Bertz CT molecular complexity index is 547. The van der Waals surface area contributed by atoms with Crippen LogP contribution in [0.2, 0.25) is 0 Å². The minimum Gasteiger partial charge on any atom is -0.480 e. The van der Waals surface area contributed by atoms with E-state index in [0.29, 0.717) is 0 Å². The van der Waals surface area contributed by atoms with Crippen molar-refractivity contribution in [1.29, 1.82) is 0 Å². The summed E-state index contributed by atoms with van der Waals surface area (Å²) in [7, 11) is 0. The number of nitrogens with one attached hydrogen (secondary N) is 3. The minimum absolute atomic E-state index is 0.00685. The van der Waals surface area contributed by atoms with E-state index in [1.807, 2.05) is 6.92 Å². The van der Waals surface area contributed by atoms with E-state index in [1.165, 1.54) is 25.7 Å². The van der Waals surface area contributed by atoms with Crippen LogP contribution in [0.5, 0.6) is 0 Å². The highest BCUT2D eigenvalue weighted by Gasteiger charge is 2.23. The van der Waals surface area contributed by atoms with E-state index in [1.54, 1.807) is 0 Å². The van der Waals surface area contributed by atoms with Crippen molar-refractivity contribution < 1.29 is 29.4 Å². The van der Waals surface area contributed by atoms with E-state index in [0.717, 1.165) is 19.3 Å². The van der Waals surface area contributed by atoms with Gasteiger partial charge in [0.05, 0.1) is 0 Å². The van der Waals surface area contributed by atoms with Gasteiger partial charge < -0.3 is 26.2 Å². The molecule has 0 radical (unpaired) electrons. The number of amides is 2. The van der Waals surface area contributed by atoms with E-state index in [9.17, 15) is 24.3 Å². The van der Waals surface area contributed by atoms with E-state index in [-0.39, 0.29) is 24.6 Å². The van der Waals surface area contributed by atoms with Gasteiger partial charge in [0, 0.05) is 18.2 Å². The maximum absolute atomic E-state index is 12.1. The zero-order valence-corrected chi connectivity index (χ0v) is 18.9. The third-order valence-corrected chi connectivity index (χ3v) is 5.05. The zero-order chi connectivity index (χ0) is 22.9. The number of hydrogen-bond acceptors (Lipinski definition) is 6. The number of carboxylic acids is 2. The molecule has 174 valence electrons. The van der Waals surface area contributed by atoms with Crippen LogP contribution in [0.25, 0.3) is 0 Å². The SMILES string of the molecule is CCCCCCCCC(C)N[C@@H](CCC(=O)N[C@@H](CS)C(=O)NCC(=O)O)C(=O)O. The molecule has 0 rings (SSSR count). The zero-order valence-electron chi connectivity index (χ0n) is 18.0. The van der Waals surface area contributed by atoms with Crippen molar-refractivity contribution in [2.75, 3.05) is 12.3 Å². The average molecular weight is 448 g/mol. The van der Waals surface area contributed by atoms with E-state index < -0.39 is 42.4 Å². The Kier molecular flexibility index (Phi) is 15.9. The normalized spacial score (nSPS) is 13.8. The molecule has 0 heterocycles. The molecule has 3 atom stereocenters. The number of hydrogen-bond donors (Lipinski definition) is 6. The van der Waals surface area contributed by atoms with Crippen molar-refractivity contribution in [1.82, 2.24) is 16.0 Å². The first-order valence-electron chi connectivity index (χ1n) is 10.6. The maximum Gasteiger partial charge on any atom is 0.322 e. The van der Waals surface area contributed by atoms with Crippen LogP contribution in [-0.4, -0.2) is 64.4 Å². The fourth-order valence-electron chi connectivity index (χ4n) is 2.96. The summed E-state index contributed by atoms with van der Waals surface area (Å²) in [6, 6.07) is -1.82. The van der Waals surface area contributed by atoms with Crippen LogP contribution in [0, 0.1) is 0 Å². The Morgan fingerprint density at radius 1 is 0.933 bits per heavy atom. The van der Waals surface area contributed by atoms with Gasteiger partial charge in [-0.25, -0.2) is 0 Å². The van der Waals surface area contributed by atoms with E-state index in [2.05, 4.69) is 35.5 Å². The summed E-state index contributed by atoms with van der Waals surface area (Å²) in [5.74, 6) is -3.37. The molecule has 10 heteroatoms. The van der Waals surface area contributed by atoms with E-state index in [4.69, 9.17) is 5.11 Å². The Labute approximate surface area is 184 Å².